The van der Waals surface area contributed by atoms with Crippen molar-refractivity contribution in [1.29, 1.82) is 0 Å². The number of fused-ring (bicyclic) bond motifs is 1. The smallest absolute Gasteiger partial charge is 0.365 e. The van der Waals surface area contributed by atoms with E-state index in [2.05, 4.69) is 19.9 Å². The average Bonchev–Trinajstić information content (AvgIpc) is 2.48. The third kappa shape index (κ3) is 3.31. The number of halogens is 1. The molecular formula is C19H23FO3. The monoisotopic (exact) mass is 318 g/mol. The molecular weight excluding hydrogens is 295 g/mol. The van der Waals surface area contributed by atoms with Gasteiger partial charge >= 0.3 is 5.97 Å². The minimum absolute atomic E-state index is 0.0318. The lowest BCUT2D eigenvalue weighted by molar-refractivity contribution is -0.134. The first-order valence-electron chi connectivity index (χ1n) is 7.92. The first-order valence-corrected chi connectivity index (χ1v) is 7.92. The van der Waals surface area contributed by atoms with E-state index < -0.39 is 11.8 Å². The minimum atomic E-state index is -1.54. The maximum atomic E-state index is 14.1. The number of hydrogen-bond acceptors (Lipinski definition) is 2. The summed E-state index contributed by atoms with van der Waals surface area (Å²) in [6.07, 6.45) is 5.30. The second-order valence-corrected chi connectivity index (χ2v) is 6.31. The average molecular weight is 318 g/mol. The fourth-order valence-corrected chi connectivity index (χ4v) is 3.01. The Balaban J connectivity index is 2.72. The van der Waals surface area contributed by atoms with E-state index in [0.29, 0.717) is 17.9 Å². The van der Waals surface area contributed by atoms with Gasteiger partial charge in [-0.05, 0) is 48.4 Å². The number of carboxylic acids is 1. The molecule has 1 aromatic rings. The van der Waals surface area contributed by atoms with Crippen LogP contribution in [0.15, 0.2) is 24.0 Å². The molecule has 0 radical (unpaired) electrons. The predicted octanol–water partition coefficient (Wildman–Crippen LogP) is 4.96. The highest BCUT2D eigenvalue weighted by Gasteiger charge is 2.28. The van der Waals surface area contributed by atoms with Crippen LogP contribution < -0.4 is 4.74 Å². The molecule has 23 heavy (non-hydrogen) atoms. The Morgan fingerprint density at radius 3 is 2.61 bits per heavy atom. The van der Waals surface area contributed by atoms with E-state index in [1.165, 1.54) is 0 Å². The van der Waals surface area contributed by atoms with Crippen molar-refractivity contribution in [2.75, 3.05) is 6.61 Å². The fraction of sp³-hybridized carbons (Fsp3) is 0.421. The summed E-state index contributed by atoms with van der Waals surface area (Å²) in [5, 5.41) is 9.00. The molecule has 1 aliphatic carbocycles. The number of hydrogen-bond donors (Lipinski definition) is 1. The summed E-state index contributed by atoms with van der Waals surface area (Å²) in [5.41, 5.74) is 2.79. The van der Waals surface area contributed by atoms with Crippen molar-refractivity contribution in [2.45, 2.75) is 46.0 Å². The Kier molecular flexibility index (Phi) is 4.93. The molecule has 0 aliphatic heterocycles. The largest absolute Gasteiger partial charge is 0.493 e. The minimum Gasteiger partial charge on any atom is -0.493 e. The van der Waals surface area contributed by atoms with Crippen molar-refractivity contribution in [1.82, 2.24) is 0 Å². The van der Waals surface area contributed by atoms with Gasteiger partial charge in [0.1, 0.15) is 5.75 Å². The van der Waals surface area contributed by atoms with Crippen molar-refractivity contribution < 1.29 is 19.0 Å². The van der Waals surface area contributed by atoms with E-state index in [9.17, 15) is 9.18 Å². The molecule has 1 N–H and O–H groups in total. The maximum Gasteiger partial charge on any atom is 0.365 e. The highest BCUT2D eigenvalue weighted by molar-refractivity contribution is 5.95. The van der Waals surface area contributed by atoms with Gasteiger partial charge in [0.2, 0.25) is 5.83 Å². The number of allylic oxidation sites excluding steroid dienone is 2. The van der Waals surface area contributed by atoms with Crippen molar-refractivity contribution in [3.63, 3.8) is 0 Å². The number of carbonyl (C=O) groups is 1. The number of rotatable bonds is 5. The van der Waals surface area contributed by atoms with Gasteiger partial charge < -0.3 is 9.84 Å². The lowest BCUT2D eigenvalue weighted by atomic mass is 9.75. The molecule has 0 bridgehead atoms. The van der Waals surface area contributed by atoms with Gasteiger partial charge in [0, 0.05) is 11.1 Å². The maximum absolute atomic E-state index is 14.1. The molecule has 1 aliphatic rings. The van der Waals surface area contributed by atoms with Crippen molar-refractivity contribution in [2.24, 2.45) is 0 Å². The zero-order valence-electron chi connectivity index (χ0n) is 14.1. The van der Waals surface area contributed by atoms with Crippen LogP contribution in [-0.4, -0.2) is 17.7 Å². The zero-order valence-corrected chi connectivity index (χ0v) is 14.1. The van der Waals surface area contributed by atoms with Gasteiger partial charge in [-0.25, -0.2) is 4.79 Å². The third-order valence-electron chi connectivity index (χ3n) is 4.24. The molecule has 4 heteroatoms. The van der Waals surface area contributed by atoms with Gasteiger partial charge in [-0.2, -0.15) is 4.39 Å². The topological polar surface area (TPSA) is 46.5 Å². The lowest BCUT2D eigenvalue weighted by Crippen LogP contribution is -2.20. The van der Waals surface area contributed by atoms with Crippen LogP contribution in [0.2, 0.25) is 0 Å². The van der Waals surface area contributed by atoms with Crippen molar-refractivity contribution in [3.8, 4) is 5.75 Å². The van der Waals surface area contributed by atoms with Crippen LogP contribution in [0.5, 0.6) is 5.75 Å². The summed E-state index contributed by atoms with van der Waals surface area (Å²) in [5.74, 6) is -2.12. The number of benzene rings is 1. The highest BCUT2D eigenvalue weighted by atomic mass is 19.1. The van der Waals surface area contributed by atoms with E-state index in [0.717, 1.165) is 17.5 Å². The van der Waals surface area contributed by atoms with Crippen LogP contribution in [-0.2, 0) is 10.2 Å². The second-order valence-electron chi connectivity index (χ2n) is 6.31. The molecule has 124 valence electrons. The summed E-state index contributed by atoms with van der Waals surface area (Å²) in [7, 11) is 0. The molecule has 0 saturated heterocycles. The first kappa shape index (κ1) is 17.3. The first-order chi connectivity index (χ1) is 10.8. The van der Waals surface area contributed by atoms with E-state index in [1.807, 2.05) is 25.1 Å². The standard InChI is InChI=1S/C19H23FO3/c1-5-13(17(20)18(21)22)14-10-12-8-7-9-19(3,4)15(12)11-16(14)23-6-2/h7-8,10-11H,5-6,9H2,1-4H3,(H,21,22). The van der Waals surface area contributed by atoms with Crippen molar-refractivity contribution in [3.05, 3.63) is 40.7 Å². The summed E-state index contributed by atoms with van der Waals surface area (Å²) >= 11 is 0. The van der Waals surface area contributed by atoms with E-state index >= 15 is 0 Å². The summed E-state index contributed by atoms with van der Waals surface area (Å²) < 4.78 is 19.8. The van der Waals surface area contributed by atoms with Gasteiger partial charge in [0.05, 0.1) is 6.61 Å². The lowest BCUT2D eigenvalue weighted by Gasteiger charge is -2.30. The Morgan fingerprint density at radius 1 is 1.35 bits per heavy atom. The molecule has 0 saturated carbocycles. The van der Waals surface area contributed by atoms with Gasteiger partial charge in [0.25, 0.3) is 0 Å². The molecule has 1 aromatic carbocycles. The Bertz CT molecular complexity index is 684. The highest BCUT2D eigenvalue weighted by Crippen LogP contribution is 2.41. The molecule has 0 spiro atoms. The SMILES string of the molecule is CCOc1cc2c(cc1C(CC)=C(F)C(=O)O)C=CCC2(C)C. The van der Waals surface area contributed by atoms with Crippen LogP contribution >= 0.6 is 0 Å². The third-order valence-corrected chi connectivity index (χ3v) is 4.24. The van der Waals surface area contributed by atoms with Gasteiger partial charge in [-0.1, -0.05) is 32.9 Å². The van der Waals surface area contributed by atoms with Crippen LogP contribution in [0.25, 0.3) is 11.6 Å². The fourth-order valence-electron chi connectivity index (χ4n) is 3.01. The number of aliphatic carboxylic acids is 1. The van der Waals surface area contributed by atoms with E-state index in [4.69, 9.17) is 9.84 Å². The van der Waals surface area contributed by atoms with Crippen LogP contribution in [0, 0.1) is 0 Å². The van der Waals surface area contributed by atoms with E-state index in [1.54, 1.807) is 6.92 Å². The molecule has 3 nitrogen and oxygen atoms in total. The van der Waals surface area contributed by atoms with Crippen LogP contribution in [0.3, 0.4) is 0 Å². The number of carboxylic acid groups (broad SMARTS) is 1. The zero-order chi connectivity index (χ0) is 17.2. The van der Waals surface area contributed by atoms with Crippen LogP contribution in [0.4, 0.5) is 4.39 Å². The molecule has 0 amide bonds. The quantitative estimate of drug-likeness (QED) is 0.781. The summed E-state index contributed by atoms with van der Waals surface area (Å²) in [4.78, 5) is 11.0. The molecule has 2 rings (SSSR count). The van der Waals surface area contributed by atoms with E-state index in [-0.39, 0.29) is 17.4 Å². The van der Waals surface area contributed by atoms with Crippen molar-refractivity contribution >= 4 is 17.6 Å². The Hall–Kier alpha value is -2.10. The molecule has 0 atom stereocenters. The van der Waals surface area contributed by atoms with Gasteiger partial charge in [-0.3, -0.25) is 0 Å². The second kappa shape index (κ2) is 6.57. The number of ether oxygens (including phenoxy) is 1. The molecule has 0 unspecified atom stereocenters. The summed E-state index contributed by atoms with van der Waals surface area (Å²) in [6, 6.07) is 3.78. The van der Waals surface area contributed by atoms with Gasteiger partial charge in [0.15, 0.2) is 0 Å². The van der Waals surface area contributed by atoms with Crippen LogP contribution in [0.1, 0.15) is 57.2 Å². The predicted molar refractivity (Wildman–Crippen MR) is 90.2 cm³/mol. The molecule has 0 heterocycles. The van der Waals surface area contributed by atoms with Gasteiger partial charge in [-0.15, -0.1) is 0 Å². The normalized spacial score (nSPS) is 16.6. The molecule has 0 fully saturated rings. The summed E-state index contributed by atoms with van der Waals surface area (Å²) in [6.45, 7) is 8.34. The Labute approximate surface area is 136 Å². The molecule has 0 aromatic heterocycles. The Morgan fingerprint density at radius 2 is 2.04 bits per heavy atom.